The Labute approximate surface area is 119 Å². The number of hydrogen-bond donors (Lipinski definition) is 2. The van der Waals surface area contributed by atoms with Gasteiger partial charge in [0.15, 0.2) is 0 Å². The monoisotopic (exact) mass is 281 g/mol. The number of nitrogens with zero attached hydrogens (tertiary/aromatic N) is 1. The van der Waals surface area contributed by atoms with E-state index in [1.807, 2.05) is 13.8 Å². The van der Waals surface area contributed by atoms with E-state index in [2.05, 4.69) is 10.6 Å². The SMILES string of the molecule is CCC(C)NC(=O)CN1C(=O)NC2(CCCCC2)C1=O. The molecule has 1 spiro atoms. The minimum atomic E-state index is -0.744. The van der Waals surface area contributed by atoms with Gasteiger partial charge in [-0.1, -0.05) is 26.2 Å². The molecule has 20 heavy (non-hydrogen) atoms. The maximum absolute atomic E-state index is 12.4. The summed E-state index contributed by atoms with van der Waals surface area (Å²) in [4.78, 5) is 37.3. The van der Waals surface area contributed by atoms with Gasteiger partial charge in [-0.25, -0.2) is 4.79 Å². The molecular weight excluding hydrogens is 258 g/mol. The summed E-state index contributed by atoms with van der Waals surface area (Å²) < 4.78 is 0. The Morgan fingerprint density at radius 1 is 1.35 bits per heavy atom. The fourth-order valence-corrected chi connectivity index (χ4v) is 2.88. The van der Waals surface area contributed by atoms with E-state index in [-0.39, 0.29) is 24.4 Å². The number of hydrogen-bond acceptors (Lipinski definition) is 3. The number of nitrogens with one attached hydrogen (secondary N) is 2. The van der Waals surface area contributed by atoms with Crippen molar-refractivity contribution in [2.75, 3.05) is 6.54 Å². The largest absolute Gasteiger partial charge is 0.352 e. The van der Waals surface area contributed by atoms with Crippen molar-refractivity contribution in [2.45, 2.75) is 64.0 Å². The van der Waals surface area contributed by atoms with Gasteiger partial charge in [-0.05, 0) is 26.2 Å². The van der Waals surface area contributed by atoms with Crippen LogP contribution in [0, 0.1) is 0 Å². The Kier molecular flexibility index (Phi) is 4.30. The van der Waals surface area contributed by atoms with Crippen LogP contribution in [0.1, 0.15) is 52.4 Å². The van der Waals surface area contributed by atoms with Crippen molar-refractivity contribution in [2.24, 2.45) is 0 Å². The Morgan fingerprint density at radius 2 is 2.00 bits per heavy atom. The van der Waals surface area contributed by atoms with E-state index in [0.29, 0.717) is 12.8 Å². The van der Waals surface area contributed by atoms with Crippen molar-refractivity contribution in [1.82, 2.24) is 15.5 Å². The molecule has 1 saturated carbocycles. The summed E-state index contributed by atoms with van der Waals surface area (Å²) in [7, 11) is 0. The Morgan fingerprint density at radius 3 is 2.60 bits per heavy atom. The minimum absolute atomic E-state index is 0.0481. The molecule has 1 atom stereocenters. The lowest BCUT2D eigenvalue weighted by molar-refractivity contribution is -0.136. The maximum Gasteiger partial charge on any atom is 0.325 e. The lowest BCUT2D eigenvalue weighted by atomic mass is 9.82. The van der Waals surface area contributed by atoms with Crippen molar-refractivity contribution < 1.29 is 14.4 Å². The van der Waals surface area contributed by atoms with Gasteiger partial charge in [0.1, 0.15) is 12.1 Å². The molecule has 1 unspecified atom stereocenters. The maximum atomic E-state index is 12.4. The molecule has 2 aliphatic rings. The molecule has 2 fully saturated rings. The van der Waals surface area contributed by atoms with E-state index in [0.717, 1.165) is 30.6 Å². The standard InChI is InChI=1S/C14H23N3O3/c1-3-10(2)15-11(18)9-17-12(19)14(16-13(17)20)7-5-4-6-8-14/h10H,3-9H2,1-2H3,(H,15,18)(H,16,20). The molecule has 0 aromatic heterocycles. The molecule has 1 aliphatic heterocycles. The summed E-state index contributed by atoms with van der Waals surface area (Å²) in [5, 5.41) is 5.58. The van der Waals surface area contributed by atoms with Gasteiger partial charge in [-0.3, -0.25) is 14.5 Å². The summed E-state index contributed by atoms with van der Waals surface area (Å²) in [5.41, 5.74) is -0.744. The van der Waals surface area contributed by atoms with Crippen LogP contribution in [0.15, 0.2) is 0 Å². The summed E-state index contributed by atoms with van der Waals surface area (Å²) in [6, 6.07) is -0.386. The van der Waals surface area contributed by atoms with E-state index in [1.165, 1.54) is 0 Å². The molecule has 6 nitrogen and oxygen atoms in total. The molecule has 1 heterocycles. The number of amides is 4. The molecule has 1 aliphatic carbocycles. The number of urea groups is 1. The average molecular weight is 281 g/mol. The van der Waals surface area contributed by atoms with Crippen LogP contribution in [0.5, 0.6) is 0 Å². The smallest absolute Gasteiger partial charge is 0.325 e. The highest BCUT2D eigenvalue weighted by Gasteiger charge is 2.51. The van der Waals surface area contributed by atoms with Crippen molar-refractivity contribution >= 4 is 17.8 Å². The second kappa shape index (κ2) is 5.81. The Balaban J connectivity index is 2.00. The molecular formula is C14H23N3O3. The molecule has 0 aromatic carbocycles. The second-order valence-corrected chi connectivity index (χ2v) is 5.84. The third-order valence-electron chi connectivity index (χ3n) is 4.27. The molecule has 0 aromatic rings. The topological polar surface area (TPSA) is 78.5 Å². The highest BCUT2D eigenvalue weighted by atomic mass is 16.2. The lowest BCUT2D eigenvalue weighted by Crippen LogP contribution is -2.49. The zero-order chi connectivity index (χ0) is 14.8. The molecule has 1 saturated heterocycles. The average Bonchev–Trinajstić information content (AvgIpc) is 2.64. The van der Waals surface area contributed by atoms with Crippen LogP contribution in [-0.4, -0.2) is 40.9 Å². The van der Waals surface area contributed by atoms with Crippen LogP contribution >= 0.6 is 0 Å². The molecule has 0 bridgehead atoms. The van der Waals surface area contributed by atoms with E-state index < -0.39 is 11.6 Å². The zero-order valence-electron chi connectivity index (χ0n) is 12.2. The summed E-state index contributed by atoms with van der Waals surface area (Å²) in [5.74, 6) is -0.516. The van der Waals surface area contributed by atoms with Crippen molar-refractivity contribution in [1.29, 1.82) is 0 Å². The van der Waals surface area contributed by atoms with Crippen LogP contribution in [0.2, 0.25) is 0 Å². The molecule has 2 rings (SSSR count). The summed E-state index contributed by atoms with van der Waals surface area (Å²) in [6.45, 7) is 3.68. The van der Waals surface area contributed by atoms with Crippen molar-refractivity contribution in [3.63, 3.8) is 0 Å². The number of carbonyl (C=O) groups is 3. The predicted molar refractivity (Wildman–Crippen MR) is 74.0 cm³/mol. The van der Waals surface area contributed by atoms with Crippen molar-refractivity contribution in [3.8, 4) is 0 Å². The summed E-state index contributed by atoms with van der Waals surface area (Å²) in [6.07, 6.45) is 5.16. The van der Waals surface area contributed by atoms with Gasteiger partial charge in [0, 0.05) is 6.04 Å². The minimum Gasteiger partial charge on any atom is -0.352 e. The normalized spacial score (nSPS) is 22.8. The molecule has 0 radical (unpaired) electrons. The molecule has 112 valence electrons. The van der Waals surface area contributed by atoms with Gasteiger partial charge in [-0.2, -0.15) is 0 Å². The van der Waals surface area contributed by atoms with Crippen LogP contribution in [0.4, 0.5) is 4.79 Å². The highest BCUT2D eigenvalue weighted by molar-refractivity contribution is 6.09. The van der Waals surface area contributed by atoms with Crippen LogP contribution in [-0.2, 0) is 9.59 Å². The first-order valence-electron chi connectivity index (χ1n) is 7.42. The Bertz CT molecular complexity index is 416. The lowest BCUT2D eigenvalue weighted by Gasteiger charge is -2.30. The third kappa shape index (κ3) is 2.78. The number of rotatable bonds is 4. The van der Waals surface area contributed by atoms with Crippen molar-refractivity contribution in [3.05, 3.63) is 0 Å². The fourth-order valence-electron chi connectivity index (χ4n) is 2.88. The van der Waals surface area contributed by atoms with E-state index in [9.17, 15) is 14.4 Å². The first-order valence-corrected chi connectivity index (χ1v) is 7.42. The van der Waals surface area contributed by atoms with Gasteiger partial charge < -0.3 is 10.6 Å². The van der Waals surface area contributed by atoms with Gasteiger partial charge in [0.2, 0.25) is 5.91 Å². The van der Waals surface area contributed by atoms with Gasteiger partial charge in [-0.15, -0.1) is 0 Å². The molecule has 4 amide bonds. The van der Waals surface area contributed by atoms with Crippen LogP contribution < -0.4 is 10.6 Å². The zero-order valence-corrected chi connectivity index (χ0v) is 12.2. The first kappa shape index (κ1) is 14.8. The number of carbonyl (C=O) groups excluding carboxylic acids is 3. The van der Waals surface area contributed by atoms with Gasteiger partial charge in [0.05, 0.1) is 0 Å². The quantitative estimate of drug-likeness (QED) is 0.759. The van der Waals surface area contributed by atoms with E-state index in [4.69, 9.17) is 0 Å². The molecule has 2 N–H and O–H groups in total. The highest BCUT2D eigenvalue weighted by Crippen LogP contribution is 2.33. The fraction of sp³-hybridized carbons (Fsp3) is 0.786. The van der Waals surface area contributed by atoms with E-state index >= 15 is 0 Å². The van der Waals surface area contributed by atoms with Crippen LogP contribution in [0.3, 0.4) is 0 Å². The summed E-state index contributed by atoms with van der Waals surface area (Å²) >= 11 is 0. The van der Waals surface area contributed by atoms with Gasteiger partial charge >= 0.3 is 6.03 Å². The van der Waals surface area contributed by atoms with Crippen LogP contribution in [0.25, 0.3) is 0 Å². The van der Waals surface area contributed by atoms with Gasteiger partial charge in [0.25, 0.3) is 5.91 Å². The predicted octanol–water partition coefficient (Wildman–Crippen LogP) is 1.16. The second-order valence-electron chi connectivity index (χ2n) is 5.84. The number of imide groups is 1. The molecule has 6 heteroatoms. The van der Waals surface area contributed by atoms with E-state index in [1.54, 1.807) is 0 Å². The first-order chi connectivity index (χ1) is 9.48. The Hall–Kier alpha value is -1.59. The third-order valence-corrected chi connectivity index (χ3v) is 4.27.